The van der Waals surface area contributed by atoms with Gasteiger partial charge in [-0.3, -0.25) is 9.52 Å². The summed E-state index contributed by atoms with van der Waals surface area (Å²) in [5, 5.41) is 7.54. The number of carbonyl (C=O) groups excluding carboxylic acids is 1. The number of nitrogens with one attached hydrogen (secondary N) is 3. The summed E-state index contributed by atoms with van der Waals surface area (Å²) in [5.74, 6) is -0.233. The fourth-order valence-corrected chi connectivity index (χ4v) is 4.18. The van der Waals surface area contributed by atoms with Crippen molar-refractivity contribution in [2.75, 3.05) is 16.3 Å². The number of para-hydroxylation sites is 1. The molecule has 30 heavy (non-hydrogen) atoms. The number of carbonyl (C=O) groups is 1. The number of nitrogens with zero attached hydrogens (tertiary/aromatic N) is 1. The molecule has 0 atom stereocenters. The Kier molecular flexibility index (Phi) is 5.17. The molecular formula is C22H22N4O3S. The van der Waals surface area contributed by atoms with Crippen molar-refractivity contribution in [3.63, 3.8) is 0 Å². The summed E-state index contributed by atoms with van der Waals surface area (Å²) in [6.45, 7) is 2.04. The number of anilines is 2. The highest BCUT2D eigenvalue weighted by Crippen LogP contribution is 2.37. The van der Waals surface area contributed by atoms with Crippen molar-refractivity contribution in [2.24, 2.45) is 5.10 Å². The maximum Gasteiger partial charge on any atom is 0.275 e. The summed E-state index contributed by atoms with van der Waals surface area (Å²) >= 11 is 0. The Labute approximate surface area is 175 Å². The fraction of sp³-hybridized carbons (Fsp3) is 0.182. The van der Waals surface area contributed by atoms with E-state index in [2.05, 4.69) is 20.6 Å². The smallest absolute Gasteiger partial charge is 0.275 e. The van der Waals surface area contributed by atoms with E-state index in [4.69, 9.17) is 0 Å². The molecule has 8 heteroatoms. The van der Waals surface area contributed by atoms with E-state index in [0.29, 0.717) is 23.4 Å². The summed E-state index contributed by atoms with van der Waals surface area (Å²) in [4.78, 5) is 12.5. The van der Waals surface area contributed by atoms with Crippen molar-refractivity contribution in [1.82, 2.24) is 5.43 Å². The Balaban J connectivity index is 1.87. The van der Waals surface area contributed by atoms with Crippen LogP contribution in [0.4, 0.5) is 11.4 Å². The zero-order valence-corrected chi connectivity index (χ0v) is 17.5. The maximum absolute atomic E-state index is 12.5. The molecule has 2 aliphatic rings. The highest BCUT2D eigenvalue weighted by Gasteiger charge is 2.28. The molecule has 0 aromatic heterocycles. The van der Waals surface area contributed by atoms with Gasteiger partial charge in [-0.15, -0.1) is 0 Å². The molecule has 2 heterocycles. The number of benzene rings is 2. The molecule has 2 aliphatic heterocycles. The molecule has 0 spiro atoms. The Bertz CT molecular complexity index is 1230. The molecule has 2 aromatic carbocycles. The van der Waals surface area contributed by atoms with Crippen LogP contribution in [0.5, 0.6) is 0 Å². The molecule has 3 N–H and O–H groups in total. The molecule has 0 unspecified atom stereocenters. The van der Waals surface area contributed by atoms with Crippen LogP contribution in [-0.2, 0) is 14.8 Å². The van der Waals surface area contributed by atoms with E-state index < -0.39 is 10.0 Å². The standard InChI is InChI=1S/C22H22N4O3S/c1-3-7-19-21(22(27)25-24-19)20-13-17(16-10-4-5-11-18(16)23-20)14-8-6-9-15(12-14)26-30(2,28)29/h4-6,8-13,23,26H,3,7H2,1-2H3,(H,25,27). The molecule has 2 aromatic rings. The summed E-state index contributed by atoms with van der Waals surface area (Å²) in [5.41, 5.74) is 8.54. The van der Waals surface area contributed by atoms with Gasteiger partial charge in [0.05, 0.1) is 23.2 Å². The zero-order chi connectivity index (χ0) is 21.3. The molecule has 0 saturated carbocycles. The third kappa shape index (κ3) is 3.99. The van der Waals surface area contributed by atoms with E-state index in [1.165, 1.54) is 0 Å². The molecule has 0 radical (unpaired) electrons. The molecule has 0 bridgehead atoms. The third-order valence-electron chi connectivity index (χ3n) is 4.82. The second kappa shape index (κ2) is 7.79. The summed E-state index contributed by atoms with van der Waals surface area (Å²) in [7, 11) is -3.39. The molecule has 4 rings (SSSR count). The molecule has 1 amide bonds. The quantitative estimate of drug-likeness (QED) is 0.643. The van der Waals surface area contributed by atoms with E-state index in [-0.39, 0.29) is 5.91 Å². The van der Waals surface area contributed by atoms with Crippen LogP contribution in [-0.4, -0.2) is 26.3 Å². The van der Waals surface area contributed by atoms with Gasteiger partial charge in [-0.25, -0.2) is 13.8 Å². The topological polar surface area (TPSA) is 99.7 Å². The lowest BCUT2D eigenvalue weighted by atomic mass is 9.90. The molecule has 0 aliphatic carbocycles. The van der Waals surface area contributed by atoms with Gasteiger partial charge in [0.2, 0.25) is 10.0 Å². The van der Waals surface area contributed by atoms with Crippen molar-refractivity contribution >= 4 is 38.6 Å². The number of fused-ring (bicyclic) bond motifs is 1. The Morgan fingerprint density at radius 3 is 2.67 bits per heavy atom. The first-order chi connectivity index (χ1) is 14.4. The van der Waals surface area contributed by atoms with E-state index in [1.807, 2.05) is 43.3 Å². The first-order valence-electron chi connectivity index (χ1n) is 9.63. The first kappa shape index (κ1) is 19.9. The van der Waals surface area contributed by atoms with E-state index in [9.17, 15) is 13.2 Å². The van der Waals surface area contributed by atoms with Crippen LogP contribution in [0, 0.1) is 0 Å². The molecule has 0 fully saturated rings. The number of allylic oxidation sites excluding steroid dienone is 1. The third-order valence-corrected chi connectivity index (χ3v) is 5.42. The SMILES string of the molecule is CCCC1=NNC(=O)C1=C1C=C(c2cccc(NS(C)(=O)=O)c2)c2ccccc2N1. The van der Waals surface area contributed by atoms with Crippen LogP contribution in [0.3, 0.4) is 0 Å². The van der Waals surface area contributed by atoms with Crippen molar-refractivity contribution in [1.29, 1.82) is 0 Å². The highest BCUT2D eigenvalue weighted by atomic mass is 32.2. The van der Waals surface area contributed by atoms with Crippen molar-refractivity contribution in [3.8, 4) is 0 Å². The van der Waals surface area contributed by atoms with Crippen molar-refractivity contribution in [3.05, 3.63) is 77.0 Å². The van der Waals surface area contributed by atoms with Gasteiger partial charge in [-0.1, -0.05) is 43.7 Å². The Hall–Kier alpha value is -3.39. The van der Waals surface area contributed by atoms with Crippen LogP contribution in [0.2, 0.25) is 0 Å². The van der Waals surface area contributed by atoms with Gasteiger partial charge in [0, 0.05) is 16.9 Å². The predicted octanol–water partition coefficient (Wildman–Crippen LogP) is 3.46. The molecular weight excluding hydrogens is 400 g/mol. The minimum absolute atomic E-state index is 0.233. The zero-order valence-electron chi connectivity index (χ0n) is 16.7. The van der Waals surface area contributed by atoms with Gasteiger partial charge in [0.15, 0.2) is 0 Å². The minimum atomic E-state index is -3.39. The number of amides is 1. The summed E-state index contributed by atoms with van der Waals surface area (Å²) < 4.78 is 25.8. The first-order valence-corrected chi connectivity index (χ1v) is 11.5. The number of hydrogen-bond donors (Lipinski definition) is 3. The second-order valence-corrected chi connectivity index (χ2v) is 8.97. The minimum Gasteiger partial charge on any atom is -0.354 e. The average molecular weight is 423 g/mol. The largest absolute Gasteiger partial charge is 0.354 e. The second-order valence-electron chi connectivity index (χ2n) is 7.22. The molecule has 0 saturated heterocycles. The van der Waals surface area contributed by atoms with Crippen molar-refractivity contribution < 1.29 is 13.2 Å². The number of hydrazone groups is 1. The molecule has 154 valence electrons. The van der Waals surface area contributed by atoms with Gasteiger partial charge in [-0.2, -0.15) is 5.10 Å². The van der Waals surface area contributed by atoms with Gasteiger partial charge in [-0.05, 0) is 41.8 Å². The van der Waals surface area contributed by atoms with E-state index in [0.717, 1.165) is 40.8 Å². The number of hydrogen-bond acceptors (Lipinski definition) is 5. The lowest BCUT2D eigenvalue weighted by Crippen LogP contribution is -2.20. The Morgan fingerprint density at radius 2 is 1.90 bits per heavy atom. The summed E-state index contributed by atoms with van der Waals surface area (Å²) in [6.07, 6.45) is 4.61. The van der Waals surface area contributed by atoms with E-state index >= 15 is 0 Å². The average Bonchev–Trinajstić information content (AvgIpc) is 3.06. The van der Waals surface area contributed by atoms with Gasteiger partial charge >= 0.3 is 0 Å². The predicted molar refractivity (Wildman–Crippen MR) is 120 cm³/mol. The van der Waals surface area contributed by atoms with Crippen molar-refractivity contribution in [2.45, 2.75) is 19.8 Å². The van der Waals surface area contributed by atoms with Gasteiger partial charge < -0.3 is 5.32 Å². The normalized spacial score (nSPS) is 18.1. The van der Waals surface area contributed by atoms with Gasteiger partial charge in [0.25, 0.3) is 5.91 Å². The Morgan fingerprint density at radius 1 is 1.10 bits per heavy atom. The maximum atomic E-state index is 12.5. The highest BCUT2D eigenvalue weighted by molar-refractivity contribution is 7.92. The number of rotatable bonds is 5. The summed E-state index contributed by atoms with van der Waals surface area (Å²) in [6, 6.07) is 15.0. The van der Waals surface area contributed by atoms with Crippen LogP contribution in [0.1, 0.15) is 30.9 Å². The van der Waals surface area contributed by atoms with Crippen LogP contribution < -0.4 is 15.5 Å². The number of sulfonamides is 1. The van der Waals surface area contributed by atoms with Crippen LogP contribution in [0.25, 0.3) is 5.57 Å². The lowest BCUT2D eigenvalue weighted by Gasteiger charge is -2.23. The van der Waals surface area contributed by atoms with Crippen LogP contribution in [0.15, 0.2) is 71.0 Å². The van der Waals surface area contributed by atoms with Gasteiger partial charge in [0.1, 0.15) is 0 Å². The lowest BCUT2D eigenvalue weighted by molar-refractivity contribution is -0.116. The van der Waals surface area contributed by atoms with E-state index in [1.54, 1.807) is 18.2 Å². The monoisotopic (exact) mass is 422 g/mol. The van der Waals surface area contributed by atoms with Crippen LogP contribution >= 0.6 is 0 Å². The fourth-order valence-electron chi connectivity index (χ4n) is 3.62. The molecule has 7 nitrogen and oxygen atoms in total.